The zero-order chi connectivity index (χ0) is 24.5. The normalized spacial score (nSPS) is 12.1. The summed E-state index contributed by atoms with van der Waals surface area (Å²) in [6.45, 7) is 1.70. The fourth-order valence-corrected chi connectivity index (χ4v) is 4.56. The minimum Gasteiger partial charge on any atom is -0.384 e. The predicted octanol–water partition coefficient (Wildman–Crippen LogP) is 3.44. The van der Waals surface area contributed by atoms with Crippen molar-refractivity contribution in [1.29, 1.82) is 0 Å². The number of carbonyl (C=O) groups is 2. The molecule has 0 aliphatic carbocycles. The Morgan fingerprint density at radius 2 is 1.91 bits per heavy atom. The molecule has 1 atom stereocenters. The average molecular weight is 487 g/mol. The first-order valence-corrected chi connectivity index (χ1v) is 11.7. The molecule has 5 rings (SSSR count). The lowest BCUT2D eigenvalue weighted by Crippen LogP contribution is -2.25. The van der Waals surface area contributed by atoms with Crippen molar-refractivity contribution >= 4 is 50.0 Å². The van der Waals surface area contributed by atoms with Gasteiger partial charge in [0.2, 0.25) is 0 Å². The molecular weight excluding hydrogens is 464 g/mol. The molecule has 10 heteroatoms. The van der Waals surface area contributed by atoms with E-state index in [-0.39, 0.29) is 5.91 Å². The summed E-state index contributed by atoms with van der Waals surface area (Å²) in [5.41, 5.74) is 9.52. The Morgan fingerprint density at radius 3 is 2.69 bits per heavy atom. The van der Waals surface area contributed by atoms with Crippen molar-refractivity contribution in [1.82, 2.24) is 19.7 Å². The number of nitrogen functional groups attached to an aromatic ring is 1. The van der Waals surface area contributed by atoms with Gasteiger partial charge in [-0.1, -0.05) is 47.7 Å². The van der Waals surface area contributed by atoms with Gasteiger partial charge in [-0.2, -0.15) is 0 Å². The standard InChI is InChI=1S/C25H22N6O3S/c1-14(32)23(33)30-22-20(16-6-3-2-4-7-16)29-21-17(8-5-11-31(21)22)24(34)27-13-15-9-10-18-19(12-15)35-25(26)28-18/h2-12,14,32H,13H2,1H3,(H2,26,28)(H,27,34)(H,30,33)/t14-/m0/s1. The second-order valence-electron chi connectivity index (χ2n) is 7.99. The molecule has 0 fully saturated rings. The molecular formula is C25H22N6O3S. The van der Waals surface area contributed by atoms with E-state index in [2.05, 4.69) is 15.6 Å². The number of amides is 2. The predicted molar refractivity (Wildman–Crippen MR) is 136 cm³/mol. The van der Waals surface area contributed by atoms with E-state index in [4.69, 9.17) is 10.7 Å². The third-order valence-corrected chi connectivity index (χ3v) is 6.33. The van der Waals surface area contributed by atoms with Crippen LogP contribution >= 0.6 is 11.3 Å². The highest BCUT2D eigenvalue weighted by Gasteiger charge is 2.22. The maximum atomic E-state index is 13.2. The van der Waals surface area contributed by atoms with Gasteiger partial charge in [-0.05, 0) is 36.8 Å². The Bertz CT molecular complexity index is 1560. The summed E-state index contributed by atoms with van der Waals surface area (Å²) in [6, 6.07) is 18.5. The van der Waals surface area contributed by atoms with Gasteiger partial charge >= 0.3 is 0 Å². The summed E-state index contributed by atoms with van der Waals surface area (Å²) in [7, 11) is 0. The summed E-state index contributed by atoms with van der Waals surface area (Å²) < 4.78 is 2.60. The Kier molecular flexibility index (Phi) is 5.89. The number of hydrogen-bond acceptors (Lipinski definition) is 7. The number of rotatable bonds is 6. The second kappa shape index (κ2) is 9.16. The first-order chi connectivity index (χ1) is 16.9. The van der Waals surface area contributed by atoms with Gasteiger partial charge in [0.05, 0.1) is 15.8 Å². The number of aliphatic hydroxyl groups is 1. The summed E-state index contributed by atoms with van der Waals surface area (Å²) in [5, 5.41) is 15.9. The molecule has 0 spiro atoms. The monoisotopic (exact) mass is 486 g/mol. The summed E-state index contributed by atoms with van der Waals surface area (Å²) >= 11 is 1.40. The molecule has 0 bridgehead atoms. The summed E-state index contributed by atoms with van der Waals surface area (Å²) in [5.74, 6) is -0.504. The van der Waals surface area contributed by atoms with Crippen LogP contribution in [0.4, 0.5) is 10.9 Å². The van der Waals surface area contributed by atoms with Gasteiger partial charge in [-0.15, -0.1) is 0 Å². The van der Waals surface area contributed by atoms with E-state index in [9.17, 15) is 14.7 Å². The molecule has 3 heterocycles. The lowest BCUT2D eigenvalue weighted by Gasteiger charge is -2.10. The van der Waals surface area contributed by atoms with E-state index in [1.165, 1.54) is 18.3 Å². The number of nitrogens with one attached hydrogen (secondary N) is 2. The summed E-state index contributed by atoms with van der Waals surface area (Å²) in [4.78, 5) is 34.4. The van der Waals surface area contributed by atoms with Gasteiger partial charge in [-0.3, -0.25) is 14.0 Å². The Balaban J connectivity index is 1.49. The smallest absolute Gasteiger partial charge is 0.255 e. The number of aliphatic hydroxyl groups excluding tert-OH is 1. The van der Waals surface area contributed by atoms with Gasteiger partial charge in [0.1, 0.15) is 17.6 Å². The number of nitrogens with zero attached hydrogens (tertiary/aromatic N) is 3. The van der Waals surface area contributed by atoms with Gasteiger partial charge in [0.25, 0.3) is 11.8 Å². The second-order valence-corrected chi connectivity index (χ2v) is 9.05. The van der Waals surface area contributed by atoms with Crippen LogP contribution in [0.2, 0.25) is 0 Å². The van der Waals surface area contributed by atoms with Crippen LogP contribution < -0.4 is 16.4 Å². The van der Waals surface area contributed by atoms with Crippen molar-refractivity contribution in [3.05, 3.63) is 78.0 Å². The van der Waals surface area contributed by atoms with E-state index in [0.717, 1.165) is 21.3 Å². The van der Waals surface area contributed by atoms with Crippen molar-refractivity contribution in [3.8, 4) is 11.3 Å². The number of aromatic nitrogens is 3. The van der Waals surface area contributed by atoms with E-state index in [1.807, 2.05) is 48.5 Å². The van der Waals surface area contributed by atoms with Crippen LogP contribution in [0.15, 0.2) is 66.9 Å². The zero-order valence-electron chi connectivity index (χ0n) is 18.7. The maximum Gasteiger partial charge on any atom is 0.255 e. The number of nitrogens with two attached hydrogens (primary N) is 1. The van der Waals surface area contributed by atoms with Crippen LogP contribution in [0.5, 0.6) is 0 Å². The molecule has 5 N–H and O–H groups in total. The van der Waals surface area contributed by atoms with E-state index < -0.39 is 12.0 Å². The van der Waals surface area contributed by atoms with Crippen LogP contribution in [-0.2, 0) is 11.3 Å². The van der Waals surface area contributed by atoms with Crippen molar-refractivity contribution in [3.63, 3.8) is 0 Å². The molecule has 2 amide bonds. The molecule has 3 aromatic heterocycles. The number of pyridine rings is 1. The van der Waals surface area contributed by atoms with Gasteiger partial charge in [-0.25, -0.2) is 9.97 Å². The molecule has 0 radical (unpaired) electrons. The molecule has 9 nitrogen and oxygen atoms in total. The van der Waals surface area contributed by atoms with Crippen molar-refractivity contribution in [2.24, 2.45) is 0 Å². The van der Waals surface area contributed by atoms with Gasteiger partial charge < -0.3 is 21.5 Å². The minimum absolute atomic E-state index is 0.308. The van der Waals surface area contributed by atoms with Crippen molar-refractivity contribution in [2.45, 2.75) is 19.6 Å². The minimum atomic E-state index is -1.21. The van der Waals surface area contributed by atoms with Crippen LogP contribution in [-0.4, -0.2) is 37.4 Å². The summed E-state index contributed by atoms with van der Waals surface area (Å²) in [6.07, 6.45) is 0.507. The van der Waals surface area contributed by atoms with Crippen LogP contribution in [0.3, 0.4) is 0 Å². The number of imidazole rings is 1. The Hall–Kier alpha value is -4.28. The highest BCUT2D eigenvalue weighted by Crippen LogP contribution is 2.30. The third-order valence-electron chi connectivity index (χ3n) is 5.49. The molecule has 0 unspecified atom stereocenters. The van der Waals surface area contributed by atoms with Gasteiger partial charge in [0.15, 0.2) is 10.8 Å². The molecule has 0 saturated carbocycles. The largest absolute Gasteiger partial charge is 0.384 e. The highest BCUT2D eigenvalue weighted by molar-refractivity contribution is 7.22. The lowest BCUT2D eigenvalue weighted by molar-refractivity contribution is -0.123. The Labute approximate surface area is 204 Å². The molecule has 35 heavy (non-hydrogen) atoms. The quantitative estimate of drug-likeness (QED) is 0.290. The van der Waals surface area contributed by atoms with E-state index >= 15 is 0 Å². The van der Waals surface area contributed by atoms with E-state index in [1.54, 1.807) is 22.7 Å². The van der Waals surface area contributed by atoms with Crippen molar-refractivity contribution < 1.29 is 14.7 Å². The molecule has 0 aliphatic heterocycles. The maximum absolute atomic E-state index is 13.2. The molecule has 5 aromatic rings. The number of carbonyl (C=O) groups excluding carboxylic acids is 2. The average Bonchev–Trinajstić information content (AvgIpc) is 3.42. The zero-order valence-corrected chi connectivity index (χ0v) is 19.5. The third kappa shape index (κ3) is 4.44. The van der Waals surface area contributed by atoms with Gasteiger partial charge in [0, 0.05) is 18.3 Å². The molecule has 176 valence electrons. The molecule has 0 saturated heterocycles. The number of thiazole rings is 1. The van der Waals surface area contributed by atoms with Crippen LogP contribution in [0.25, 0.3) is 27.1 Å². The topological polar surface area (TPSA) is 135 Å². The first-order valence-electron chi connectivity index (χ1n) is 10.9. The number of fused-ring (bicyclic) bond motifs is 2. The SMILES string of the molecule is C[C@H](O)C(=O)Nc1c(-c2ccccc2)nc2c(C(=O)NCc3ccc4nc(N)sc4c3)cccn12. The van der Waals surface area contributed by atoms with Crippen LogP contribution in [0.1, 0.15) is 22.8 Å². The van der Waals surface area contributed by atoms with Crippen LogP contribution in [0, 0.1) is 0 Å². The molecule has 0 aliphatic rings. The number of benzene rings is 2. The van der Waals surface area contributed by atoms with Crippen molar-refractivity contribution in [2.75, 3.05) is 11.1 Å². The number of hydrogen-bond donors (Lipinski definition) is 4. The fraction of sp³-hybridized carbons (Fsp3) is 0.120. The first kappa shape index (κ1) is 22.5. The highest BCUT2D eigenvalue weighted by atomic mass is 32.1. The lowest BCUT2D eigenvalue weighted by atomic mass is 10.1. The molecule has 2 aromatic carbocycles. The number of anilines is 2. The van der Waals surface area contributed by atoms with E-state index in [0.29, 0.717) is 34.4 Å². The Morgan fingerprint density at radius 1 is 1.11 bits per heavy atom. The fourth-order valence-electron chi connectivity index (χ4n) is 3.76.